The molecule has 0 spiro atoms. The van der Waals surface area contributed by atoms with Crippen LogP contribution in [0.3, 0.4) is 0 Å². The van der Waals surface area contributed by atoms with Crippen molar-refractivity contribution < 1.29 is 13.9 Å². The molecule has 5 nitrogen and oxygen atoms in total. The Morgan fingerprint density at radius 1 is 1.61 bits per heavy atom. The zero-order valence-electron chi connectivity index (χ0n) is 10.0. The highest BCUT2D eigenvalue weighted by Gasteiger charge is 2.08. The molecule has 0 aliphatic rings. The Kier molecular flexibility index (Phi) is 4.35. The molecule has 1 N–H and O–H groups in total. The Balaban J connectivity index is 1.84. The van der Waals surface area contributed by atoms with Crippen molar-refractivity contribution in [2.75, 3.05) is 11.9 Å². The van der Waals surface area contributed by atoms with Gasteiger partial charge in [-0.1, -0.05) is 0 Å². The minimum atomic E-state index is -0.250. The lowest BCUT2D eigenvalue weighted by molar-refractivity contribution is -0.142. The van der Waals surface area contributed by atoms with Crippen LogP contribution >= 0.6 is 11.3 Å². The number of esters is 1. The second-order valence-corrected chi connectivity index (χ2v) is 4.42. The summed E-state index contributed by atoms with van der Waals surface area (Å²) in [4.78, 5) is 15.6. The molecule has 0 saturated carbocycles. The number of hydrogen-bond acceptors (Lipinski definition) is 6. The first-order valence-corrected chi connectivity index (χ1v) is 6.52. The number of ether oxygens (including phenoxy) is 1. The molecular weight excluding hydrogens is 252 g/mol. The van der Waals surface area contributed by atoms with Gasteiger partial charge in [0.2, 0.25) is 0 Å². The van der Waals surface area contributed by atoms with E-state index in [-0.39, 0.29) is 12.4 Å². The molecule has 2 heterocycles. The van der Waals surface area contributed by atoms with Gasteiger partial charge in [-0.2, -0.15) is 0 Å². The summed E-state index contributed by atoms with van der Waals surface area (Å²) in [6.45, 7) is 2.77. The molecule has 2 aromatic heterocycles. The van der Waals surface area contributed by atoms with Crippen LogP contribution in [-0.4, -0.2) is 17.6 Å². The van der Waals surface area contributed by atoms with Crippen LogP contribution in [0, 0.1) is 0 Å². The van der Waals surface area contributed by atoms with E-state index in [4.69, 9.17) is 9.15 Å². The van der Waals surface area contributed by atoms with Crippen LogP contribution < -0.4 is 5.32 Å². The van der Waals surface area contributed by atoms with Crippen molar-refractivity contribution in [3.63, 3.8) is 0 Å². The molecule has 0 saturated heterocycles. The molecule has 0 aliphatic heterocycles. The fourth-order valence-electron chi connectivity index (χ4n) is 1.41. The highest BCUT2D eigenvalue weighted by atomic mass is 32.1. The fourth-order valence-corrected chi connectivity index (χ4v) is 2.11. The van der Waals surface area contributed by atoms with Crippen LogP contribution in [0.4, 0.5) is 5.13 Å². The molecule has 0 unspecified atom stereocenters. The van der Waals surface area contributed by atoms with E-state index in [0.717, 1.165) is 16.6 Å². The third kappa shape index (κ3) is 3.59. The van der Waals surface area contributed by atoms with Crippen molar-refractivity contribution in [2.45, 2.75) is 19.9 Å². The molecule has 0 fully saturated rings. The van der Waals surface area contributed by atoms with Crippen molar-refractivity contribution in [2.24, 2.45) is 0 Å². The number of aromatic nitrogens is 1. The summed E-state index contributed by atoms with van der Waals surface area (Å²) in [5.41, 5.74) is 0.723. The summed E-state index contributed by atoms with van der Waals surface area (Å²) in [7, 11) is 0. The first-order chi connectivity index (χ1) is 8.78. The van der Waals surface area contributed by atoms with E-state index < -0.39 is 0 Å². The Morgan fingerprint density at radius 3 is 3.22 bits per heavy atom. The van der Waals surface area contributed by atoms with Crippen LogP contribution in [0.5, 0.6) is 0 Å². The predicted octanol–water partition coefficient (Wildman–Crippen LogP) is 2.45. The number of rotatable bonds is 6. The van der Waals surface area contributed by atoms with Gasteiger partial charge in [0, 0.05) is 5.38 Å². The van der Waals surface area contributed by atoms with Gasteiger partial charge in [0.05, 0.1) is 31.5 Å². The summed E-state index contributed by atoms with van der Waals surface area (Å²) in [5, 5.41) is 5.75. The van der Waals surface area contributed by atoms with E-state index in [1.807, 2.05) is 17.5 Å². The lowest BCUT2D eigenvalue weighted by Crippen LogP contribution is -2.07. The molecule has 0 bridgehead atoms. The van der Waals surface area contributed by atoms with E-state index in [1.54, 1.807) is 13.2 Å². The van der Waals surface area contributed by atoms with Crippen LogP contribution in [0.1, 0.15) is 18.4 Å². The Bertz CT molecular complexity index is 493. The summed E-state index contributed by atoms with van der Waals surface area (Å²) in [6.07, 6.45) is 1.85. The number of thiazole rings is 1. The van der Waals surface area contributed by atoms with E-state index >= 15 is 0 Å². The first kappa shape index (κ1) is 12.6. The quantitative estimate of drug-likeness (QED) is 0.814. The molecule has 0 radical (unpaired) electrons. The molecule has 0 atom stereocenters. The highest BCUT2D eigenvalue weighted by molar-refractivity contribution is 7.13. The van der Waals surface area contributed by atoms with Gasteiger partial charge in [0.15, 0.2) is 5.13 Å². The minimum Gasteiger partial charge on any atom is -0.467 e. The summed E-state index contributed by atoms with van der Waals surface area (Å²) < 4.78 is 10.1. The van der Waals surface area contributed by atoms with E-state index in [1.165, 1.54) is 11.3 Å². The van der Waals surface area contributed by atoms with E-state index in [0.29, 0.717) is 13.2 Å². The Hall–Kier alpha value is -1.82. The number of anilines is 1. The monoisotopic (exact) mass is 266 g/mol. The minimum absolute atomic E-state index is 0.215. The number of nitrogens with zero attached hydrogens (tertiary/aromatic N) is 1. The zero-order chi connectivity index (χ0) is 12.8. The van der Waals surface area contributed by atoms with E-state index in [9.17, 15) is 4.79 Å². The van der Waals surface area contributed by atoms with Crippen molar-refractivity contribution in [3.05, 3.63) is 35.2 Å². The van der Waals surface area contributed by atoms with Crippen molar-refractivity contribution in [1.29, 1.82) is 0 Å². The maximum absolute atomic E-state index is 11.3. The second kappa shape index (κ2) is 6.20. The van der Waals surface area contributed by atoms with Crippen LogP contribution in [0.15, 0.2) is 28.2 Å². The van der Waals surface area contributed by atoms with Gasteiger partial charge in [-0.3, -0.25) is 4.79 Å². The van der Waals surface area contributed by atoms with Gasteiger partial charge in [-0.15, -0.1) is 11.3 Å². The third-order valence-electron chi connectivity index (χ3n) is 2.18. The average Bonchev–Trinajstić information content (AvgIpc) is 2.97. The standard InChI is InChI=1S/C12H14N2O3S/c1-2-16-11(15)6-9-8-18-12(14-9)13-7-10-4-3-5-17-10/h3-5,8H,2,6-7H2,1H3,(H,13,14). The Morgan fingerprint density at radius 2 is 2.50 bits per heavy atom. The molecule has 2 rings (SSSR count). The van der Waals surface area contributed by atoms with Gasteiger partial charge in [-0.25, -0.2) is 4.98 Å². The van der Waals surface area contributed by atoms with Crippen LogP contribution in [-0.2, 0) is 22.5 Å². The maximum Gasteiger partial charge on any atom is 0.311 e. The average molecular weight is 266 g/mol. The number of carbonyl (C=O) groups excluding carboxylic acids is 1. The third-order valence-corrected chi connectivity index (χ3v) is 3.03. The number of furan rings is 1. The molecule has 0 aromatic carbocycles. The molecule has 0 amide bonds. The lowest BCUT2D eigenvalue weighted by Gasteiger charge is -1.99. The highest BCUT2D eigenvalue weighted by Crippen LogP contribution is 2.17. The van der Waals surface area contributed by atoms with Gasteiger partial charge in [-0.05, 0) is 19.1 Å². The van der Waals surface area contributed by atoms with Crippen LogP contribution in [0.2, 0.25) is 0 Å². The van der Waals surface area contributed by atoms with Gasteiger partial charge in [0.1, 0.15) is 5.76 Å². The maximum atomic E-state index is 11.3. The fraction of sp³-hybridized carbons (Fsp3) is 0.333. The molecular formula is C12H14N2O3S. The smallest absolute Gasteiger partial charge is 0.311 e. The molecule has 0 aliphatic carbocycles. The van der Waals surface area contributed by atoms with Gasteiger partial charge >= 0.3 is 5.97 Å². The molecule has 18 heavy (non-hydrogen) atoms. The van der Waals surface area contributed by atoms with Gasteiger partial charge in [0.25, 0.3) is 0 Å². The number of nitrogens with one attached hydrogen (secondary N) is 1. The molecule has 6 heteroatoms. The Labute approximate surface area is 109 Å². The van der Waals surface area contributed by atoms with Crippen LogP contribution in [0.25, 0.3) is 0 Å². The van der Waals surface area contributed by atoms with Crippen molar-refractivity contribution >= 4 is 22.4 Å². The normalized spacial score (nSPS) is 10.3. The topological polar surface area (TPSA) is 64.4 Å². The largest absolute Gasteiger partial charge is 0.467 e. The van der Waals surface area contributed by atoms with Crippen molar-refractivity contribution in [3.8, 4) is 0 Å². The summed E-state index contributed by atoms with van der Waals surface area (Å²) in [6, 6.07) is 3.73. The van der Waals surface area contributed by atoms with Crippen molar-refractivity contribution in [1.82, 2.24) is 4.98 Å². The second-order valence-electron chi connectivity index (χ2n) is 3.56. The van der Waals surface area contributed by atoms with Gasteiger partial charge < -0.3 is 14.5 Å². The lowest BCUT2D eigenvalue weighted by atomic mass is 10.3. The summed E-state index contributed by atoms with van der Waals surface area (Å²) in [5.74, 6) is 0.595. The summed E-state index contributed by atoms with van der Waals surface area (Å²) >= 11 is 1.46. The first-order valence-electron chi connectivity index (χ1n) is 5.64. The molecule has 96 valence electrons. The zero-order valence-corrected chi connectivity index (χ0v) is 10.8. The predicted molar refractivity (Wildman–Crippen MR) is 68.5 cm³/mol. The molecule has 2 aromatic rings. The van der Waals surface area contributed by atoms with E-state index in [2.05, 4.69) is 10.3 Å². The SMILES string of the molecule is CCOC(=O)Cc1csc(NCc2ccco2)n1. The number of carbonyl (C=O) groups is 1. The number of hydrogen-bond donors (Lipinski definition) is 1.